The van der Waals surface area contributed by atoms with E-state index in [9.17, 15) is 43.6 Å². The van der Waals surface area contributed by atoms with Crippen LogP contribution in [-0.2, 0) is 65.8 Å². The summed E-state index contributed by atoms with van der Waals surface area (Å²) in [6.07, 6.45) is 8.42. The number of hydrogen-bond donors (Lipinski definition) is 2. The number of carbonyl (C=O) groups is 8. The van der Waals surface area contributed by atoms with Gasteiger partial charge in [0.15, 0.2) is 23.0 Å². The minimum absolute atomic E-state index is 0.0226. The molecular formula is C66H84N9O19S+. The lowest BCUT2D eigenvalue weighted by Gasteiger charge is -2.31. The van der Waals surface area contributed by atoms with Crippen LogP contribution in [0.25, 0.3) is 0 Å². The van der Waals surface area contributed by atoms with Crippen molar-refractivity contribution in [1.82, 2.24) is 29.9 Å². The number of fused-ring (bicyclic) bond motifs is 4. The van der Waals surface area contributed by atoms with Crippen LogP contribution in [0.3, 0.4) is 0 Å². The molecule has 7 heterocycles. The number of pyridine rings is 1. The summed E-state index contributed by atoms with van der Waals surface area (Å²) in [6.45, 7) is 12.0. The first kappa shape index (κ1) is 71.1. The van der Waals surface area contributed by atoms with Gasteiger partial charge in [0, 0.05) is 93.6 Å². The molecule has 1 aromatic heterocycles. The number of imide groups is 2. The van der Waals surface area contributed by atoms with Gasteiger partial charge < -0.3 is 62.6 Å². The van der Waals surface area contributed by atoms with Gasteiger partial charge in [0.05, 0.1) is 138 Å². The van der Waals surface area contributed by atoms with E-state index < -0.39 is 32.6 Å². The number of quaternary nitrogens is 1. The third-order valence-corrected chi connectivity index (χ3v) is 17.9. The summed E-state index contributed by atoms with van der Waals surface area (Å²) in [5.74, 6) is -2.11. The van der Waals surface area contributed by atoms with E-state index in [2.05, 4.69) is 15.1 Å². The van der Waals surface area contributed by atoms with Gasteiger partial charge in [-0.2, -0.15) is 5.21 Å². The summed E-state index contributed by atoms with van der Waals surface area (Å²) in [7, 11) is 4.97. The molecule has 29 heteroatoms. The Balaban J connectivity index is 0.710. The average Bonchev–Trinajstić information content (AvgIpc) is 1.70. The Morgan fingerprint density at radius 2 is 1.20 bits per heavy atom. The van der Waals surface area contributed by atoms with Crippen molar-refractivity contribution in [2.24, 2.45) is 9.98 Å². The average molecular weight is 1340 g/mol. The van der Waals surface area contributed by atoms with Crippen LogP contribution in [0.1, 0.15) is 105 Å². The number of likely N-dealkylation sites (tertiary alicyclic amines) is 1. The number of allylic oxidation sites excluding steroid dienone is 2. The molecule has 4 saturated heterocycles. The van der Waals surface area contributed by atoms with Gasteiger partial charge in [0.2, 0.25) is 17.7 Å². The summed E-state index contributed by atoms with van der Waals surface area (Å²) < 4.78 is 52.0. The fourth-order valence-electron chi connectivity index (χ4n) is 11.6. The number of thioether (sulfide) groups is 1. The van der Waals surface area contributed by atoms with Crippen molar-refractivity contribution in [2.75, 3.05) is 120 Å². The second kappa shape index (κ2) is 33.0. The zero-order valence-electron chi connectivity index (χ0n) is 54.8. The lowest BCUT2D eigenvalue weighted by atomic mass is 10.1. The molecule has 3 aromatic rings. The maximum Gasteiger partial charge on any atom is 0.397 e. The third-order valence-electron chi connectivity index (χ3n) is 16.5. The summed E-state index contributed by atoms with van der Waals surface area (Å²) in [6, 6.07) is 9.97. The number of aliphatic imine (C=N–C) groups is 2. The van der Waals surface area contributed by atoms with Crippen LogP contribution in [-0.4, -0.2) is 236 Å². The highest BCUT2D eigenvalue weighted by molar-refractivity contribution is 8.02. The van der Waals surface area contributed by atoms with Crippen LogP contribution in [0.2, 0.25) is 0 Å². The first-order valence-corrected chi connectivity index (χ1v) is 32.6. The van der Waals surface area contributed by atoms with Gasteiger partial charge in [-0.3, -0.25) is 43.8 Å². The summed E-state index contributed by atoms with van der Waals surface area (Å²) in [5, 5.41) is 12.1. The van der Waals surface area contributed by atoms with Gasteiger partial charge in [0.1, 0.15) is 30.4 Å². The first-order valence-electron chi connectivity index (χ1n) is 31.7. The van der Waals surface area contributed by atoms with Gasteiger partial charge >= 0.3 is 17.8 Å². The Hall–Kier alpha value is -8.16. The summed E-state index contributed by atoms with van der Waals surface area (Å²) in [4.78, 5) is 126. The van der Waals surface area contributed by atoms with Crippen molar-refractivity contribution in [2.45, 2.75) is 108 Å². The predicted octanol–water partition coefficient (Wildman–Crippen LogP) is 5.43. The largest absolute Gasteiger partial charge is 0.493 e. The van der Waals surface area contributed by atoms with E-state index in [0.717, 1.165) is 17.7 Å². The van der Waals surface area contributed by atoms with Crippen LogP contribution in [0.5, 0.6) is 28.7 Å². The van der Waals surface area contributed by atoms with E-state index in [4.69, 9.17) is 57.6 Å². The number of hydrogen-bond acceptors (Lipinski definition) is 24. The third kappa shape index (κ3) is 18.5. The molecule has 28 nitrogen and oxygen atoms in total. The number of nitrogens with zero attached hydrogens (tertiary/aromatic N) is 8. The number of carbonyl (C=O) groups excluding carboxylic acids is 8. The molecule has 1 unspecified atom stereocenters. The topological polar surface area (TPSA) is 312 Å². The highest BCUT2D eigenvalue weighted by Gasteiger charge is 2.55. The number of benzene rings is 2. The van der Waals surface area contributed by atoms with E-state index in [1.807, 2.05) is 69.1 Å². The van der Waals surface area contributed by atoms with Gasteiger partial charge in [-0.15, -0.1) is 11.8 Å². The molecule has 6 aliphatic heterocycles. The van der Waals surface area contributed by atoms with E-state index >= 15 is 0 Å². The van der Waals surface area contributed by atoms with E-state index in [1.54, 1.807) is 36.4 Å². The van der Waals surface area contributed by atoms with Crippen LogP contribution < -0.4 is 29.0 Å². The van der Waals surface area contributed by atoms with E-state index in [-0.39, 0.29) is 159 Å². The first-order chi connectivity index (χ1) is 45.7. The highest BCUT2D eigenvalue weighted by atomic mass is 32.2. The Morgan fingerprint density at radius 1 is 0.684 bits per heavy atom. The normalized spacial score (nSPS) is 19.8. The molecule has 0 spiro atoms. The van der Waals surface area contributed by atoms with Crippen molar-refractivity contribution < 1.29 is 95.8 Å². The monoisotopic (exact) mass is 1340 g/mol. The number of ether oxygens (including phenoxy) is 9. The molecule has 4 fully saturated rings. The molecule has 2 N–H and O–H groups in total. The fourth-order valence-corrected chi connectivity index (χ4v) is 13.1. The number of methoxy groups -OCH3 is 2. The number of likely N-dealkylation sites (N-methyl/N-ethyl adjacent to an activating group) is 1. The number of hydroxylamine groups is 4. The lowest BCUT2D eigenvalue weighted by molar-refractivity contribution is -1.12. The fraction of sp³-hybridized carbons (Fsp3) is 0.530. The minimum Gasteiger partial charge on any atom is -0.493 e. The van der Waals surface area contributed by atoms with E-state index in [0.29, 0.717) is 88.8 Å². The second-order valence-electron chi connectivity index (χ2n) is 23.9. The van der Waals surface area contributed by atoms with Crippen molar-refractivity contribution in [1.29, 1.82) is 0 Å². The quantitative estimate of drug-likeness (QED) is 0.0244. The molecule has 7 amide bonds. The summed E-state index contributed by atoms with van der Waals surface area (Å²) >= 11 is 1.42. The summed E-state index contributed by atoms with van der Waals surface area (Å²) in [5.41, 5.74) is 5.09. The number of aromatic nitrogens is 1. The van der Waals surface area contributed by atoms with Crippen molar-refractivity contribution in [3.05, 3.63) is 82.2 Å². The van der Waals surface area contributed by atoms with Gasteiger partial charge in [-0.05, 0) is 59.7 Å². The molecule has 9 rings (SSSR count). The smallest absolute Gasteiger partial charge is 0.397 e. The van der Waals surface area contributed by atoms with Crippen molar-refractivity contribution in [3.63, 3.8) is 0 Å². The van der Waals surface area contributed by atoms with Crippen LogP contribution in [0.15, 0.2) is 69.7 Å². The van der Waals surface area contributed by atoms with Crippen molar-refractivity contribution >= 4 is 82.9 Å². The molecule has 6 aliphatic rings. The number of amides is 7. The molecule has 0 radical (unpaired) electrons. The Kier molecular flexibility index (Phi) is 24.7. The van der Waals surface area contributed by atoms with E-state index in [1.165, 1.54) is 37.1 Å². The Bertz CT molecular complexity index is 3330. The molecule has 0 bridgehead atoms. The predicted molar refractivity (Wildman–Crippen MR) is 344 cm³/mol. The lowest BCUT2D eigenvalue weighted by Crippen LogP contribution is -2.50. The standard InChI is InChI=1S/C66H83N9O19S/c1-8-42-26-46-35-68-51-32-55(53(85-6)30-49(51)63(81)73(46)37-42)92-39-44-28-48(29-45(70-44)40-93-56-33-52-50(31-54(56)86-7)64(82)74-38-43(9-2)27-47(74)36-69-52)91-19-16-71(5)41-66(3,4)95-57-34-59(77)72(65(57)83)15-12-58(76)67-14-18-88-21-23-90-25-24-89-22-20-87-17-13-62(80)94-75(84)60(78)10-11-61(75)79/h8-9,28-33,35-36,46-47,57,84H,10-27,34,37-41H2,1-7H3/p+1/b42-8+,43-9+/t46-,47-,57?/m0/s1. The number of nitrogens with one attached hydrogen (secondary N) is 1. The minimum atomic E-state index is -1.96. The van der Waals surface area contributed by atoms with Gasteiger partial charge in [-0.1, -0.05) is 23.3 Å². The zero-order valence-corrected chi connectivity index (χ0v) is 55.6. The maximum absolute atomic E-state index is 13.8. The molecule has 512 valence electrons. The molecule has 2 aromatic carbocycles. The SMILES string of the molecule is C/C=C1\C[C@H]2C=Nc3cc(OCc4cc(OCCN(C)CC(C)(C)SC5CC(=O)N(CCC(=O)NCCOCCOCCOCCOCCC(=O)O[N+]6(O)C(=O)CCC6=O)C5=O)cc(COc5cc6c(cc5OC)C(=O)N5C/C(=C/C)C[C@H]5C=N6)n4)c(OC)cc3C(=O)N2C1. The highest BCUT2D eigenvalue weighted by Crippen LogP contribution is 2.42. The second-order valence-corrected chi connectivity index (χ2v) is 25.8. The number of rotatable bonds is 35. The molecule has 95 heavy (non-hydrogen) atoms. The van der Waals surface area contributed by atoms with Crippen LogP contribution in [0, 0.1) is 0 Å². The van der Waals surface area contributed by atoms with Gasteiger partial charge in [-0.25, -0.2) is 19.2 Å². The maximum atomic E-state index is 13.8. The van der Waals surface area contributed by atoms with Crippen LogP contribution in [0.4, 0.5) is 11.4 Å². The molecular weight excluding hydrogens is 1250 g/mol. The Morgan fingerprint density at radius 3 is 1.72 bits per heavy atom. The molecule has 0 aliphatic carbocycles. The zero-order chi connectivity index (χ0) is 67.8. The van der Waals surface area contributed by atoms with Crippen LogP contribution >= 0.6 is 11.8 Å². The molecule has 0 saturated carbocycles. The van der Waals surface area contributed by atoms with Gasteiger partial charge in [0.25, 0.3) is 11.8 Å². The van der Waals surface area contributed by atoms with Crippen molar-refractivity contribution in [3.8, 4) is 28.7 Å². The molecule has 3 atom stereocenters. The Labute approximate surface area is 555 Å².